The molecule has 0 saturated carbocycles. The molecule has 1 amide bonds. The number of nitriles is 1. The summed E-state index contributed by atoms with van der Waals surface area (Å²) in [6.07, 6.45) is 3.23. The van der Waals surface area contributed by atoms with Crippen molar-refractivity contribution in [1.82, 2.24) is 24.4 Å². The molecule has 0 bridgehead atoms. The lowest BCUT2D eigenvalue weighted by molar-refractivity contribution is -0.141. The SMILES string of the molecule is CCn1cnc2c(Nc3cccc(C#N)c3)nc(N3CCN(C(=O)[C@H]4CCCO4)CC3)nc21. The van der Waals surface area contributed by atoms with Crippen LogP contribution >= 0.6 is 0 Å². The average Bonchev–Trinajstić information content (AvgIpc) is 3.54. The van der Waals surface area contributed by atoms with E-state index in [0.29, 0.717) is 55.6 Å². The second-order valence-electron chi connectivity index (χ2n) is 8.21. The van der Waals surface area contributed by atoms with Gasteiger partial charge in [-0.05, 0) is 38.0 Å². The van der Waals surface area contributed by atoms with E-state index >= 15 is 0 Å². The molecule has 1 aromatic carbocycles. The number of aryl methyl sites for hydroxylation is 1. The quantitative estimate of drug-likeness (QED) is 0.635. The molecule has 0 spiro atoms. The summed E-state index contributed by atoms with van der Waals surface area (Å²) in [6.45, 7) is 5.96. The molecule has 0 unspecified atom stereocenters. The summed E-state index contributed by atoms with van der Waals surface area (Å²) in [6, 6.07) is 9.41. The maximum atomic E-state index is 12.7. The zero-order chi connectivity index (χ0) is 22.8. The van der Waals surface area contributed by atoms with Crippen LogP contribution in [0, 0.1) is 11.3 Å². The molecule has 3 aromatic rings. The summed E-state index contributed by atoms with van der Waals surface area (Å²) in [5.41, 5.74) is 2.75. The van der Waals surface area contributed by atoms with Gasteiger partial charge in [-0.3, -0.25) is 4.79 Å². The molecule has 4 heterocycles. The largest absolute Gasteiger partial charge is 0.368 e. The lowest BCUT2D eigenvalue weighted by Crippen LogP contribution is -2.51. The van der Waals surface area contributed by atoms with Crippen molar-refractivity contribution in [3.05, 3.63) is 36.2 Å². The van der Waals surface area contributed by atoms with E-state index in [1.807, 2.05) is 28.5 Å². The summed E-state index contributed by atoms with van der Waals surface area (Å²) in [5.74, 6) is 1.28. The molecular weight excluding hydrogens is 420 g/mol. The van der Waals surface area contributed by atoms with E-state index in [1.165, 1.54) is 0 Å². The maximum absolute atomic E-state index is 12.7. The van der Waals surface area contributed by atoms with Crippen molar-refractivity contribution in [2.75, 3.05) is 43.0 Å². The van der Waals surface area contributed by atoms with Crippen molar-refractivity contribution in [3.8, 4) is 6.07 Å². The highest BCUT2D eigenvalue weighted by Crippen LogP contribution is 2.27. The van der Waals surface area contributed by atoms with Gasteiger partial charge in [-0.25, -0.2) is 4.98 Å². The smallest absolute Gasteiger partial charge is 0.251 e. The van der Waals surface area contributed by atoms with E-state index in [0.717, 1.165) is 30.7 Å². The molecule has 170 valence electrons. The molecule has 5 rings (SSSR count). The Morgan fingerprint density at radius 3 is 2.85 bits per heavy atom. The Morgan fingerprint density at radius 1 is 1.27 bits per heavy atom. The molecule has 2 aromatic heterocycles. The number of ether oxygens (including phenoxy) is 1. The summed E-state index contributed by atoms with van der Waals surface area (Å²) in [4.78, 5) is 30.8. The van der Waals surface area contributed by atoms with Crippen LogP contribution in [-0.4, -0.2) is 69.2 Å². The Hall–Kier alpha value is -3.71. The number of piperazine rings is 1. The van der Waals surface area contributed by atoms with Crippen molar-refractivity contribution in [2.24, 2.45) is 0 Å². The van der Waals surface area contributed by atoms with Gasteiger partial charge in [-0.1, -0.05) is 6.07 Å². The Labute approximate surface area is 191 Å². The molecule has 2 saturated heterocycles. The first-order valence-electron chi connectivity index (χ1n) is 11.3. The number of anilines is 3. The van der Waals surface area contributed by atoms with E-state index < -0.39 is 0 Å². The fourth-order valence-corrected chi connectivity index (χ4v) is 4.30. The highest BCUT2D eigenvalue weighted by molar-refractivity contribution is 5.87. The second-order valence-corrected chi connectivity index (χ2v) is 8.21. The minimum atomic E-state index is -0.289. The average molecular weight is 447 g/mol. The van der Waals surface area contributed by atoms with Crippen LogP contribution < -0.4 is 10.2 Å². The molecule has 0 aliphatic carbocycles. The van der Waals surface area contributed by atoms with Gasteiger partial charge in [0.15, 0.2) is 17.0 Å². The molecule has 10 heteroatoms. The van der Waals surface area contributed by atoms with Crippen molar-refractivity contribution in [3.63, 3.8) is 0 Å². The van der Waals surface area contributed by atoms with Crippen LogP contribution in [-0.2, 0) is 16.1 Å². The normalized spacial score (nSPS) is 18.5. The predicted molar refractivity (Wildman–Crippen MR) is 123 cm³/mol. The molecule has 2 aliphatic rings. The van der Waals surface area contributed by atoms with E-state index in [1.54, 1.807) is 18.5 Å². The van der Waals surface area contributed by atoms with Crippen LogP contribution in [0.15, 0.2) is 30.6 Å². The molecule has 10 nitrogen and oxygen atoms in total. The number of nitrogens with zero attached hydrogens (tertiary/aromatic N) is 7. The van der Waals surface area contributed by atoms with Crippen LogP contribution in [0.2, 0.25) is 0 Å². The second kappa shape index (κ2) is 9.03. The molecule has 33 heavy (non-hydrogen) atoms. The first-order chi connectivity index (χ1) is 16.2. The highest BCUT2D eigenvalue weighted by atomic mass is 16.5. The third-order valence-electron chi connectivity index (χ3n) is 6.13. The number of fused-ring (bicyclic) bond motifs is 1. The van der Waals surface area contributed by atoms with Gasteiger partial charge >= 0.3 is 0 Å². The van der Waals surface area contributed by atoms with Crippen molar-refractivity contribution < 1.29 is 9.53 Å². The number of imidazole rings is 1. The van der Waals surface area contributed by atoms with Crippen LogP contribution in [0.5, 0.6) is 0 Å². The summed E-state index contributed by atoms with van der Waals surface area (Å²) in [5, 5.41) is 12.5. The van der Waals surface area contributed by atoms with Gasteiger partial charge in [0, 0.05) is 45.0 Å². The third kappa shape index (κ3) is 4.19. The maximum Gasteiger partial charge on any atom is 0.251 e. The zero-order valence-corrected chi connectivity index (χ0v) is 18.6. The van der Waals surface area contributed by atoms with E-state index in [4.69, 9.17) is 14.7 Å². The van der Waals surface area contributed by atoms with E-state index in [2.05, 4.69) is 21.3 Å². The Morgan fingerprint density at radius 2 is 2.12 bits per heavy atom. The number of hydrogen-bond donors (Lipinski definition) is 1. The summed E-state index contributed by atoms with van der Waals surface area (Å²) < 4.78 is 7.55. The Bertz CT molecular complexity index is 1200. The number of nitrogens with one attached hydrogen (secondary N) is 1. The van der Waals surface area contributed by atoms with Gasteiger partial charge in [-0.2, -0.15) is 15.2 Å². The number of benzene rings is 1. The van der Waals surface area contributed by atoms with Gasteiger partial charge in [-0.15, -0.1) is 0 Å². The van der Waals surface area contributed by atoms with Crippen LogP contribution in [0.4, 0.5) is 17.5 Å². The van der Waals surface area contributed by atoms with Gasteiger partial charge < -0.3 is 24.4 Å². The van der Waals surface area contributed by atoms with E-state index in [-0.39, 0.29) is 12.0 Å². The lowest BCUT2D eigenvalue weighted by Gasteiger charge is -2.35. The number of aromatic nitrogens is 4. The molecule has 2 aliphatic heterocycles. The van der Waals surface area contributed by atoms with Gasteiger partial charge in [0.05, 0.1) is 18.0 Å². The van der Waals surface area contributed by atoms with Gasteiger partial charge in [0.25, 0.3) is 5.91 Å². The van der Waals surface area contributed by atoms with Crippen LogP contribution in [0.1, 0.15) is 25.3 Å². The lowest BCUT2D eigenvalue weighted by atomic mass is 10.2. The monoisotopic (exact) mass is 446 g/mol. The molecule has 0 radical (unpaired) electrons. The fraction of sp³-hybridized carbons (Fsp3) is 0.435. The minimum Gasteiger partial charge on any atom is -0.368 e. The predicted octanol–water partition coefficient (Wildman–Crippen LogP) is 2.29. The zero-order valence-electron chi connectivity index (χ0n) is 18.6. The van der Waals surface area contributed by atoms with E-state index in [9.17, 15) is 10.1 Å². The Kier molecular flexibility index (Phi) is 5.79. The van der Waals surface area contributed by atoms with Crippen LogP contribution in [0.25, 0.3) is 11.2 Å². The first-order valence-corrected chi connectivity index (χ1v) is 11.3. The highest BCUT2D eigenvalue weighted by Gasteiger charge is 2.31. The summed E-state index contributed by atoms with van der Waals surface area (Å²) >= 11 is 0. The molecule has 2 fully saturated rings. The minimum absolute atomic E-state index is 0.0901. The van der Waals surface area contributed by atoms with Crippen LogP contribution in [0.3, 0.4) is 0 Å². The fourth-order valence-electron chi connectivity index (χ4n) is 4.30. The van der Waals surface area contributed by atoms with Gasteiger partial charge in [0.1, 0.15) is 6.10 Å². The first kappa shape index (κ1) is 21.2. The Balaban J connectivity index is 1.40. The van der Waals surface area contributed by atoms with Crippen molar-refractivity contribution in [2.45, 2.75) is 32.4 Å². The number of hydrogen-bond acceptors (Lipinski definition) is 8. The molecule has 1 atom stereocenters. The number of carbonyl (C=O) groups excluding carboxylic acids is 1. The summed E-state index contributed by atoms with van der Waals surface area (Å²) in [7, 11) is 0. The third-order valence-corrected chi connectivity index (χ3v) is 6.13. The number of carbonyl (C=O) groups is 1. The molecular formula is C23H26N8O2. The van der Waals surface area contributed by atoms with Crippen molar-refractivity contribution in [1.29, 1.82) is 5.26 Å². The van der Waals surface area contributed by atoms with Crippen molar-refractivity contribution >= 4 is 34.5 Å². The van der Waals surface area contributed by atoms with Gasteiger partial charge in [0.2, 0.25) is 5.95 Å². The standard InChI is InChI=1S/C23H26N8O2/c1-2-29-15-25-19-20(26-17-6-3-5-16(13-17)14-24)27-23(28-21(19)29)31-10-8-30(9-11-31)22(32)18-7-4-12-33-18/h3,5-6,13,15,18H,2,4,7-12H2,1H3,(H,26,27,28)/t18-/m1/s1. The number of rotatable bonds is 5. The molecule has 1 N–H and O–H groups in total. The number of amides is 1. The topological polar surface area (TPSA) is 112 Å².